The second-order valence-electron chi connectivity index (χ2n) is 4.37. The molecule has 94 valence electrons. The quantitative estimate of drug-likeness (QED) is 0.764. The van der Waals surface area contributed by atoms with Gasteiger partial charge in [0.2, 0.25) is 0 Å². The second-order valence-corrected chi connectivity index (χ2v) is 4.78. The summed E-state index contributed by atoms with van der Waals surface area (Å²) in [5.41, 5.74) is 1.53. The van der Waals surface area contributed by atoms with Crippen molar-refractivity contribution in [3.05, 3.63) is 77.1 Å². The Balaban J connectivity index is 2.17. The van der Waals surface area contributed by atoms with Crippen molar-refractivity contribution in [2.75, 3.05) is 0 Å². The molecular weight excluding hydrogens is 258 g/mol. The number of aliphatic hydroxyl groups is 1. The maximum Gasteiger partial charge on any atom is 0.106 e. The van der Waals surface area contributed by atoms with Crippen LogP contribution in [0.15, 0.2) is 60.9 Å². The average Bonchev–Trinajstić information content (AvgIpc) is 2.46. The van der Waals surface area contributed by atoms with E-state index in [0.29, 0.717) is 10.6 Å². The Morgan fingerprint density at radius 2 is 1.74 bits per heavy atom. The molecule has 3 aromatic rings. The first-order valence-electron chi connectivity index (χ1n) is 6.02. The van der Waals surface area contributed by atoms with Gasteiger partial charge in [-0.2, -0.15) is 0 Å². The van der Waals surface area contributed by atoms with Crippen LogP contribution in [0.1, 0.15) is 17.2 Å². The minimum Gasteiger partial charge on any atom is -0.384 e. The van der Waals surface area contributed by atoms with Crippen LogP contribution >= 0.6 is 11.6 Å². The molecule has 1 unspecified atom stereocenters. The van der Waals surface area contributed by atoms with Gasteiger partial charge in [-0.15, -0.1) is 0 Å². The standard InChI is InChI=1S/C16H12ClNO/c17-15-7-2-1-5-13(15)16(19)12-6-3-4-11-8-9-18-10-14(11)12/h1-10,16,19H. The maximum atomic E-state index is 10.6. The van der Waals surface area contributed by atoms with Crippen molar-refractivity contribution < 1.29 is 5.11 Å². The lowest BCUT2D eigenvalue weighted by molar-refractivity contribution is 0.222. The number of aliphatic hydroxyl groups excluding tert-OH is 1. The van der Waals surface area contributed by atoms with Crippen molar-refractivity contribution in [3.8, 4) is 0 Å². The smallest absolute Gasteiger partial charge is 0.106 e. The first-order valence-corrected chi connectivity index (χ1v) is 6.40. The highest BCUT2D eigenvalue weighted by molar-refractivity contribution is 6.31. The normalized spacial score (nSPS) is 12.5. The van der Waals surface area contributed by atoms with Gasteiger partial charge in [-0.1, -0.05) is 48.0 Å². The van der Waals surface area contributed by atoms with E-state index in [2.05, 4.69) is 4.98 Å². The monoisotopic (exact) mass is 269 g/mol. The zero-order valence-electron chi connectivity index (χ0n) is 10.1. The molecule has 0 radical (unpaired) electrons. The van der Waals surface area contributed by atoms with E-state index in [9.17, 15) is 5.11 Å². The van der Waals surface area contributed by atoms with Crippen LogP contribution in [0.5, 0.6) is 0 Å². The molecule has 2 aromatic carbocycles. The van der Waals surface area contributed by atoms with Crippen LogP contribution in [-0.2, 0) is 0 Å². The fourth-order valence-corrected chi connectivity index (χ4v) is 2.48. The number of pyridine rings is 1. The van der Waals surface area contributed by atoms with E-state index in [1.54, 1.807) is 18.5 Å². The van der Waals surface area contributed by atoms with Crippen LogP contribution in [0.3, 0.4) is 0 Å². The number of nitrogens with zero attached hydrogens (tertiary/aromatic N) is 1. The van der Waals surface area contributed by atoms with E-state index in [-0.39, 0.29) is 0 Å². The predicted molar refractivity (Wildman–Crippen MR) is 77.3 cm³/mol. The zero-order valence-corrected chi connectivity index (χ0v) is 10.9. The topological polar surface area (TPSA) is 33.1 Å². The molecule has 0 bridgehead atoms. The van der Waals surface area contributed by atoms with Crippen LogP contribution in [0.4, 0.5) is 0 Å². The highest BCUT2D eigenvalue weighted by Gasteiger charge is 2.15. The summed E-state index contributed by atoms with van der Waals surface area (Å²) in [6.45, 7) is 0. The molecule has 0 aliphatic rings. The van der Waals surface area contributed by atoms with Crippen LogP contribution in [0, 0.1) is 0 Å². The summed E-state index contributed by atoms with van der Waals surface area (Å²) in [4.78, 5) is 4.13. The lowest BCUT2D eigenvalue weighted by Crippen LogP contribution is -2.01. The fraction of sp³-hybridized carbons (Fsp3) is 0.0625. The van der Waals surface area contributed by atoms with E-state index in [1.807, 2.05) is 42.5 Å². The SMILES string of the molecule is OC(c1ccccc1Cl)c1cccc2ccncc12. The third-order valence-electron chi connectivity index (χ3n) is 3.21. The van der Waals surface area contributed by atoms with Gasteiger partial charge in [0.1, 0.15) is 6.10 Å². The number of hydrogen-bond donors (Lipinski definition) is 1. The molecule has 0 aliphatic heterocycles. The number of fused-ring (bicyclic) bond motifs is 1. The van der Waals surface area contributed by atoms with Gasteiger partial charge in [0.25, 0.3) is 0 Å². The Labute approximate surface area is 116 Å². The summed E-state index contributed by atoms with van der Waals surface area (Å²) >= 11 is 6.14. The average molecular weight is 270 g/mol. The highest BCUT2D eigenvalue weighted by atomic mass is 35.5. The number of rotatable bonds is 2. The number of benzene rings is 2. The third-order valence-corrected chi connectivity index (χ3v) is 3.56. The van der Waals surface area contributed by atoms with E-state index >= 15 is 0 Å². The molecule has 1 heterocycles. The molecule has 2 nitrogen and oxygen atoms in total. The summed E-state index contributed by atoms with van der Waals surface area (Å²) < 4.78 is 0. The Kier molecular flexibility index (Phi) is 3.20. The molecular formula is C16H12ClNO. The van der Waals surface area contributed by atoms with E-state index in [1.165, 1.54) is 0 Å². The summed E-state index contributed by atoms with van der Waals surface area (Å²) in [6, 6.07) is 15.1. The lowest BCUT2D eigenvalue weighted by atomic mass is 9.97. The minimum absolute atomic E-state index is 0.566. The molecule has 1 N–H and O–H groups in total. The van der Waals surface area contributed by atoms with Crippen LogP contribution in [-0.4, -0.2) is 10.1 Å². The number of aromatic nitrogens is 1. The maximum absolute atomic E-state index is 10.6. The van der Waals surface area contributed by atoms with Gasteiger partial charge in [-0.25, -0.2) is 0 Å². The first-order chi connectivity index (χ1) is 9.27. The van der Waals surface area contributed by atoms with E-state index in [4.69, 9.17) is 11.6 Å². The predicted octanol–water partition coefficient (Wildman–Crippen LogP) is 3.97. The van der Waals surface area contributed by atoms with Crippen molar-refractivity contribution >= 4 is 22.4 Å². The van der Waals surface area contributed by atoms with Gasteiger partial charge in [0.15, 0.2) is 0 Å². The second kappa shape index (κ2) is 5.00. The van der Waals surface area contributed by atoms with Gasteiger partial charge in [0.05, 0.1) is 0 Å². The number of halogens is 1. The van der Waals surface area contributed by atoms with Crippen molar-refractivity contribution in [1.82, 2.24) is 4.98 Å². The summed E-state index contributed by atoms with van der Waals surface area (Å²) in [5.74, 6) is 0. The molecule has 0 aliphatic carbocycles. The van der Waals surface area contributed by atoms with Crippen molar-refractivity contribution in [1.29, 1.82) is 0 Å². The Bertz CT molecular complexity index is 721. The first kappa shape index (κ1) is 12.2. The molecule has 3 heteroatoms. The minimum atomic E-state index is -0.749. The molecule has 0 spiro atoms. The lowest BCUT2D eigenvalue weighted by Gasteiger charge is -2.15. The third kappa shape index (κ3) is 2.21. The summed E-state index contributed by atoms with van der Waals surface area (Å²) in [5, 5.41) is 13.1. The van der Waals surface area contributed by atoms with Gasteiger partial charge in [-0.3, -0.25) is 4.98 Å². The number of hydrogen-bond acceptors (Lipinski definition) is 2. The molecule has 19 heavy (non-hydrogen) atoms. The largest absolute Gasteiger partial charge is 0.384 e. The van der Waals surface area contributed by atoms with Crippen LogP contribution < -0.4 is 0 Å². The van der Waals surface area contributed by atoms with Crippen molar-refractivity contribution in [3.63, 3.8) is 0 Å². The molecule has 0 fully saturated rings. The van der Waals surface area contributed by atoms with Gasteiger partial charge >= 0.3 is 0 Å². The van der Waals surface area contributed by atoms with Gasteiger partial charge in [0, 0.05) is 28.4 Å². The van der Waals surface area contributed by atoms with Gasteiger partial charge in [-0.05, 0) is 23.1 Å². The Hall–Kier alpha value is -1.90. The van der Waals surface area contributed by atoms with E-state index in [0.717, 1.165) is 16.3 Å². The van der Waals surface area contributed by atoms with Crippen LogP contribution in [0.2, 0.25) is 5.02 Å². The molecule has 0 saturated heterocycles. The highest BCUT2D eigenvalue weighted by Crippen LogP contribution is 2.31. The Morgan fingerprint density at radius 1 is 0.947 bits per heavy atom. The summed E-state index contributed by atoms with van der Waals surface area (Å²) in [7, 11) is 0. The molecule has 0 amide bonds. The Morgan fingerprint density at radius 3 is 2.58 bits per heavy atom. The molecule has 3 rings (SSSR count). The zero-order chi connectivity index (χ0) is 13.2. The fourth-order valence-electron chi connectivity index (χ4n) is 2.24. The van der Waals surface area contributed by atoms with E-state index < -0.39 is 6.10 Å². The summed E-state index contributed by atoms with van der Waals surface area (Å²) in [6.07, 6.45) is 2.76. The molecule has 0 saturated carbocycles. The molecule has 1 aromatic heterocycles. The van der Waals surface area contributed by atoms with Crippen LogP contribution in [0.25, 0.3) is 10.8 Å². The van der Waals surface area contributed by atoms with Gasteiger partial charge < -0.3 is 5.11 Å². The molecule has 1 atom stereocenters. The van der Waals surface area contributed by atoms with Crippen molar-refractivity contribution in [2.24, 2.45) is 0 Å². The van der Waals surface area contributed by atoms with Crippen molar-refractivity contribution in [2.45, 2.75) is 6.10 Å².